The van der Waals surface area contributed by atoms with E-state index in [1.807, 2.05) is 17.5 Å². The van der Waals surface area contributed by atoms with Gasteiger partial charge in [-0.05, 0) is 67.0 Å². The van der Waals surface area contributed by atoms with Gasteiger partial charge in [0.1, 0.15) is 11.1 Å². The summed E-state index contributed by atoms with van der Waals surface area (Å²) in [7, 11) is 0. The fraction of sp³-hybridized carbons (Fsp3) is 0.409. The van der Waals surface area contributed by atoms with Crippen molar-refractivity contribution in [2.45, 2.75) is 32.1 Å². The molecule has 0 aromatic carbocycles. The number of carbonyl (C=O) groups is 2. The smallest absolute Gasteiger partial charge is 0.407 e. The molecule has 0 saturated heterocycles. The van der Waals surface area contributed by atoms with Crippen molar-refractivity contribution in [1.29, 1.82) is 5.26 Å². The quantitative estimate of drug-likeness (QED) is 0.616. The third-order valence-corrected chi connectivity index (χ3v) is 7.35. The van der Waals surface area contributed by atoms with Crippen LogP contribution in [-0.4, -0.2) is 25.2 Å². The lowest BCUT2D eigenvalue weighted by atomic mass is 9.88. The van der Waals surface area contributed by atoms with Gasteiger partial charge in [-0.3, -0.25) is 4.79 Å². The highest BCUT2D eigenvalue weighted by atomic mass is 32.1. The van der Waals surface area contributed by atoms with Crippen molar-refractivity contribution >= 4 is 45.8 Å². The number of nitrogens with one attached hydrogen (secondary N) is 2. The Bertz CT molecular complexity index is 984. The van der Waals surface area contributed by atoms with E-state index in [4.69, 9.17) is 4.74 Å². The minimum Gasteiger partial charge on any atom is -0.449 e. The van der Waals surface area contributed by atoms with Gasteiger partial charge >= 0.3 is 6.09 Å². The van der Waals surface area contributed by atoms with Crippen LogP contribution < -0.4 is 10.6 Å². The monoisotopic (exact) mass is 441 g/mol. The highest BCUT2D eigenvalue weighted by molar-refractivity contribution is 7.16. The predicted octanol–water partition coefficient (Wildman–Crippen LogP) is 4.57. The Morgan fingerprint density at radius 2 is 2.17 bits per heavy atom. The van der Waals surface area contributed by atoms with Crippen LogP contribution in [0, 0.1) is 23.2 Å². The Morgan fingerprint density at radius 1 is 1.30 bits per heavy atom. The number of hydrogen-bond acceptors (Lipinski definition) is 6. The van der Waals surface area contributed by atoms with Crippen LogP contribution in [0.5, 0.6) is 0 Å². The van der Waals surface area contributed by atoms with Gasteiger partial charge in [0, 0.05) is 22.4 Å². The van der Waals surface area contributed by atoms with Gasteiger partial charge in [0.05, 0.1) is 12.2 Å². The molecule has 30 heavy (non-hydrogen) atoms. The average molecular weight is 442 g/mol. The molecular formula is C22H23N3O3S2. The minimum atomic E-state index is -0.345. The fourth-order valence-corrected chi connectivity index (χ4v) is 5.43. The third kappa shape index (κ3) is 5.29. The van der Waals surface area contributed by atoms with E-state index < -0.39 is 0 Å². The molecule has 8 heteroatoms. The molecular weight excluding hydrogens is 418 g/mol. The molecule has 2 aliphatic rings. The topological polar surface area (TPSA) is 91.2 Å². The Balaban J connectivity index is 1.34. The van der Waals surface area contributed by atoms with Gasteiger partial charge in [0.15, 0.2) is 0 Å². The van der Waals surface area contributed by atoms with E-state index in [2.05, 4.69) is 16.7 Å². The predicted molar refractivity (Wildman–Crippen MR) is 119 cm³/mol. The number of ether oxygens (including phenoxy) is 1. The molecule has 2 amide bonds. The van der Waals surface area contributed by atoms with Crippen LogP contribution in [0.4, 0.5) is 9.80 Å². The molecule has 2 N–H and O–H groups in total. The molecule has 0 spiro atoms. The third-order valence-electron chi connectivity index (χ3n) is 5.34. The molecule has 0 bridgehead atoms. The Kier molecular flexibility index (Phi) is 6.50. The van der Waals surface area contributed by atoms with Crippen LogP contribution >= 0.6 is 22.7 Å². The van der Waals surface area contributed by atoms with Crippen LogP contribution in [0.3, 0.4) is 0 Å². The van der Waals surface area contributed by atoms with Crippen LogP contribution in [0.15, 0.2) is 23.6 Å². The number of hydrogen-bond donors (Lipinski definition) is 2. The number of alkyl carbamates (subject to hydrolysis) is 1. The molecule has 1 saturated carbocycles. The van der Waals surface area contributed by atoms with E-state index in [0.29, 0.717) is 29.6 Å². The molecule has 2 aromatic rings. The van der Waals surface area contributed by atoms with Gasteiger partial charge in [-0.15, -0.1) is 22.7 Å². The van der Waals surface area contributed by atoms with Crippen molar-refractivity contribution in [1.82, 2.24) is 5.32 Å². The van der Waals surface area contributed by atoms with Crippen LogP contribution in [0.1, 0.15) is 40.1 Å². The number of fused-ring (bicyclic) bond motifs is 1. The summed E-state index contributed by atoms with van der Waals surface area (Å²) in [6, 6.07) is 6.12. The van der Waals surface area contributed by atoms with Gasteiger partial charge in [-0.1, -0.05) is 6.07 Å². The van der Waals surface area contributed by atoms with Crippen molar-refractivity contribution < 1.29 is 14.3 Å². The second-order valence-corrected chi connectivity index (χ2v) is 9.77. The summed E-state index contributed by atoms with van der Waals surface area (Å²) in [6.07, 6.45) is 7.66. The van der Waals surface area contributed by atoms with Gasteiger partial charge in [-0.2, -0.15) is 5.26 Å². The Hall–Kier alpha value is -2.63. The molecule has 2 aromatic heterocycles. The van der Waals surface area contributed by atoms with Crippen molar-refractivity contribution in [3.63, 3.8) is 0 Å². The largest absolute Gasteiger partial charge is 0.449 e. The molecule has 4 rings (SSSR count). The number of thiophene rings is 2. The second-order valence-electron chi connectivity index (χ2n) is 7.69. The first-order valence-corrected chi connectivity index (χ1v) is 11.8. The highest BCUT2D eigenvalue weighted by Gasteiger charge is 2.27. The highest BCUT2D eigenvalue weighted by Crippen LogP contribution is 2.39. The lowest BCUT2D eigenvalue weighted by molar-refractivity contribution is -0.111. The number of anilines is 1. The van der Waals surface area contributed by atoms with Gasteiger partial charge in [0.2, 0.25) is 5.91 Å². The SMILES string of the molecule is N#Cc1c(NC(=O)C=Cc2cccs2)sc2c1CCC(COC(=O)NCC1CC1)C2. The second kappa shape index (κ2) is 9.45. The maximum absolute atomic E-state index is 12.3. The van der Waals surface area contributed by atoms with E-state index in [-0.39, 0.29) is 17.9 Å². The van der Waals surface area contributed by atoms with E-state index in [1.54, 1.807) is 17.4 Å². The zero-order chi connectivity index (χ0) is 20.9. The van der Waals surface area contributed by atoms with Crippen LogP contribution in [0.25, 0.3) is 6.08 Å². The van der Waals surface area contributed by atoms with E-state index >= 15 is 0 Å². The fourth-order valence-electron chi connectivity index (χ4n) is 3.49. The first-order chi connectivity index (χ1) is 14.6. The molecule has 156 valence electrons. The van der Waals surface area contributed by atoms with E-state index in [0.717, 1.165) is 34.6 Å². The Labute approximate surface area is 183 Å². The molecule has 2 heterocycles. The number of amides is 2. The van der Waals surface area contributed by atoms with Crippen molar-refractivity contribution in [2.75, 3.05) is 18.5 Å². The normalized spacial score (nSPS) is 17.9. The summed E-state index contributed by atoms with van der Waals surface area (Å²) in [5.41, 5.74) is 1.59. The summed E-state index contributed by atoms with van der Waals surface area (Å²) in [4.78, 5) is 26.2. The van der Waals surface area contributed by atoms with Gasteiger partial charge in [-0.25, -0.2) is 4.79 Å². The maximum atomic E-state index is 12.3. The first kappa shape index (κ1) is 20.6. The molecule has 0 radical (unpaired) electrons. The number of nitriles is 1. The number of rotatable bonds is 7. The van der Waals surface area contributed by atoms with E-state index in [1.165, 1.54) is 30.3 Å². The number of nitrogens with zero attached hydrogens (tertiary/aromatic N) is 1. The summed E-state index contributed by atoms with van der Waals surface area (Å²) < 4.78 is 5.38. The van der Waals surface area contributed by atoms with Crippen LogP contribution in [-0.2, 0) is 22.4 Å². The molecule has 6 nitrogen and oxygen atoms in total. The first-order valence-electron chi connectivity index (χ1n) is 10.1. The Morgan fingerprint density at radius 3 is 2.90 bits per heavy atom. The molecule has 0 aliphatic heterocycles. The summed E-state index contributed by atoms with van der Waals surface area (Å²) in [5.74, 6) is 0.612. The van der Waals surface area contributed by atoms with E-state index in [9.17, 15) is 14.9 Å². The van der Waals surface area contributed by atoms with Crippen molar-refractivity contribution in [3.05, 3.63) is 44.5 Å². The maximum Gasteiger partial charge on any atom is 0.407 e. The van der Waals surface area contributed by atoms with Crippen molar-refractivity contribution in [3.8, 4) is 6.07 Å². The summed E-state index contributed by atoms with van der Waals surface area (Å²) in [5, 5.41) is 17.8. The zero-order valence-corrected chi connectivity index (χ0v) is 18.1. The lowest BCUT2D eigenvalue weighted by Gasteiger charge is -2.21. The molecule has 1 unspecified atom stereocenters. The molecule has 1 fully saturated rings. The average Bonchev–Trinajstić information content (AvgIpc) is 3.30. The lowest BCUT2D eigenvalue weighted by Crippen LogP contribution is -2.29. The summed E-state index contributed by atoms with van der Waals surface area (Å²) >= 11 is 3.02. The standard InChI is InChI=1S/C22H23N3O3S2/c23-11-18-17-7-5-15(13-28-22(27)24-12-14-3-4-14)10-19(17)30-21(18)25-20(26)8-6-16-2-1-9-29-16/h1-2,6,8-9,14-15H,3-5,7,10,12-13H2,(H,24,27)(H,25,26). The van der Waals surface area contributed by atoms with Gasteiger partial charge < -0.3 is 15.4 Å². The zero-order valence-electron chi connectivity index (χ0n) is 16.5. The van der Waals surface area contributed by atoms with Gasteiger partial charge in [0.25, 0.3) is 0 Å². The number of carbonyl (C=O) groups excluding carboxylic acids is 2. The van der Waals surface area contributed by atoms with Crippen molar-refractivity contribution in [2.24, 2.45) is 11.8 Å². The summed E-state index contributed by atoms with van der Waals surface area (Å²) in [6.45, 7) is 1.08. The molecule has 2 aliphatic carbocycles. The van der Waals surface area contributed by atoms with Crippen LogP contribution in [0.2, 0.25) is 0 Å². The molecule has 1 atom stereocenters. The minimum absolute atomic E-state index is 0.233.